The number of hydrogen-bond acceptors (Lipinski definition) is 7. The Hall–Kier alpha value is -3.36. The van der Waals surface area contributed by atoms with Crippen LogP contribution in [0.3, 0.4) is 0 Å². The lowest BCUT2D eigenvalue weighted by molar-refractivity contribution is -0.145. The Labute approximate surface area is 154 Å². The summed E-state index contributed by atoms with van der Waals surface area (Å²) >= 11 is 0. The number of nitrogens with zero attached hydrogens (tertiary/aromatic N) is 5. The molecule has 0 N–H and O–H groups in total. The second-order valence-electron chi connectivity index (χ2n) is 6.14. The molecule has 1 aromatic carbocycles. The second kappa shape index (κ2) is 7.48. The molecule has 0 spiro atoms. The largest absolute Gasteiger partial charge is 0.466 e. The minimum atomic E-state index is -0.620. The molecule has 0 amide bonds. The summed E-state index contributed by atoms with van der Waals surface area (Å²) in [5.74, 6) is -1.07. The topological polar surface area (TPSA) is 109 Å². The maximum absolute atomic E-state index is 12.6. The fourth-order valence-corrected chi connectivity index (χ4v) is 2.61. The smallest absolute Gasteiger partial charge is 0.313 e. The molecule has 0 radical (unpaired) electrons. The molecular formula is C18H19N5O4. The molecule has 0 aliphatic rings. The Kier molecular flexibility index (Phi) is 5.11. The molecular weight excluding hydrogens is 350 g/mol. The Morgan fingerprint density at radius 1 is 1.19 bits per heavy atom. The van der Waals surface area contributed by atoms with Gasteiger partial charge in [0.15, 0.2) is 16.9 Å². The van der Waals surface area contributed by atoms with E-state index in [0.717, 1.165) is 21.4 Å². The van der Waals surface area contributed by atoms with Gasteiger partial charge in [-0.3, -0.25) is 19.0 Å². The minimum Gasteiger partial charge on any atom is -0.466 e. The van der Waals surface area contributed by atoms with Crippen molar-refractivity contribution in [3.05, 3.63) is 46.0 Å². The van der Waals surface area contributed by atoms with E-state index < -0.39 is 23.7 Å². The molecule has 0 bridgehead atoms. The van der Waals surface area contributed by atoms with Crippen molar-refractivity contribution in [2.75, 3.05) is 6.61 Å². The molecule has 0 saturated heterocycles. The average molecular weight is 369 g/mol. The van der Waals surface area contributed by atoms with Gasteiger partial charge in [0.2, 0.25) is 0 Å². The molecule has 9 nitrogen and oxygen atoms in total. The quantitative estimate of drug-likeness (QED) is 0.473. The van der Waals surface area contributed by atoms with Crippen molar-refractivity contribution in [3.63, 3.8) is 0 Å². The molecule has 2 aromatic heterocycles. The summed E-state index contributed by atoms with van der Waals surface area (Å²) in [7, 11) is 0. The van der Waals surface area contributed by atoms with Gasteiger partial charge in [0.25, 0.3) is 5.56 Å². The Balaban J connectivity index is 1.91. The normalized spacial score (nSPS) is 10.9. The molecule has 0 fully saturated rings. The summed E-state index contributed by atoms with van der Waals surface area (Å²) in [5.41, 5.74) is 2.82. The SMILES string of the molecule is CCOC(=O)CC(=O)Cn1cnc2c(nnn2-c2ccc(C)c(C)c2)c1=O. The molecule has 140 valence electrons. The fourth-order valence-electron chi connectivity index (χ4n) is 2.61. The van der Waals surface area contributed by atoms with E-state index in [1.807, 2.05) is 32.0 Å². The third-order valence-corrected chi connectivity index (χ3v) is 4.16. The van der Waals surface area contributed by atoms with E-state index >= 15 is 0 Å². The van der Waals surface area contributed by atoms with Crippen molar-refractivity contribution >= 4 is 22.9 Å². The fraction of sp³-hybridized carbons (Fsp3) is 0.333. The first-order valence-corrected chi connectivity index (χ1v) is 8.46. The highest BCUT2D eigenvalue weighted by molar-refractivity contribution is 5.95. The van der Waals surface area contributed by atoms with Crippen LogP contribution in [0.2, 0.25) is 0 Å². The summed E-state index contributed by atoms with van der Waals surface area (Å²) in [6, 6.07) is 5.75. The Bertz CT molecular complexity index is 1080. The van der Waals surface area contributed by atoms with Crippen LogP contribution in [0, 0.1) is 13.8 Å². The van der Waals surface area contributed by atoms with Crippen LogP contribution in [-0.4, -0.2) is 42.9 Å². The first kappa shape index (κ1) is 18.4. The molecule has 2 heterocycles. The molecule has 0 aliphatic heterocycles. The van der Waals surface area contributed by atoms with Crippen molar-refractivity contribution in [3.8, 4) is 5.69 Å². The number of ketones is 1. The lowest BCUT2D eigenvalue weighted by Crippen LogP contribution is -2.26. The van der Waals surface area contributed by atoms with Gasteiger partial charge in [-0.05, 0) is 44.0 Å². The summed E-state index contributed by atoms with van der Waals surface area (Å²) in [6.07, 6.45) is 0.863. The van der Waals surface area contributed by atoms with Crippen LogP contribution in [0.5, 0.6) is 0 Å². The number of benzene rings is 1. The maximum atomic E-state index is 12.6. The van der Waals surface area contributed by atoms with E-state index in [4.69, 9.17) is 4.74 Å². The average Bonchev–Trinajstić information content (AvgIpc) is 3.04. The Morgan fingerprint density at radius 2 is 1.96 bits per heavy atom. The molecule has 27 heavy (non-hydrogen) atoms. The number of hydrogen-bond donors (Lipinski definition) is 0. The first-order chi connectivity index (χ1) is 12.9. The third kappa shape index (κ3) is 3.76. The van der Waals surface area contributed by atoms with Gasteiger partial charge in [-0.2, -0.15) is 4.68 Å². The van der Waals surface area contributed by atoms with Gasteiger partial charge >= 0.3 is 5.97 Å². The van der Waals surface area contributed by atoms with Crippen LogP contribution >= 0.6 is 0 Å². The number of Topliss-reactive ketones (excluding diaryl/α,β-unsaturated/α-hetero) is 1. The number of carbonyl (C=O) groups excluding carboxylic acids is 2. The van der Waals surface area contributed by atoms with Crippen LogP contribution in [0.1, 0.15) is 24.5 Å². The summed E-state index contributed by atoms with van der Waals surface area (Å²) in [4.78, 5) is 40.1. The van der Waals surface area contributed by atoms with E-state index in [0.29, 0.717) is 5.65 Å². The van der Waals surface area contributed by atoms with Crippen molar-refractivity contribution in [2.45, 2.75) is 33.7 Å². The van der Waals surface area contributed by atoms with Gasteiger partial charge < -0.3 is 4.74 Å². The van der Waals surface area contributed by atoms with E-state index in [-0.39, 0.29) is 18.7 Å². The van der Waals surface area contributed by atoms with E-state index in [9.17, 15) is 14.4 Å². The lowest BCUT2D eigenvalue weighted by atomic mass is 10.1. The third-order valence-electron chi connectivity index (χ3n) is 4.16. The maximum Gasteiger partial charge on any atom is 0.313 e. The van der Waals surface area contributed by atoms with Crippen molar-refractivity contribution in [1.82, 2.24) is 24.5 Å². The molecule has 3 rings (SSSR count). The summed E-state index contributed by atoms with van der Waals surface area (Å²) in [6.45, 7) is 5.55. The summed E-state index contributed by atoms with van der Waals surface area (Å²) < 4.78 is 7.33. The highest BCUT2D eigenvalue weighted by Crippen LogP contribution is 2.16. The molecule has 0 aliphatic carbocycles. The van der Waals surface area contributed by atoms with Crippen molar-refractivity contribution in [2.24, 2.45) is 0 Å². The van der Waals surface area contributed by atoms with Gasteiger partial charge in [-0.15, -0.1) is 5.10 Å². The number of aryl methyl sites for hydroxylation is 2. The predicted octanol–water partition coefficient (Wildman–Crippen LogP) is 1.12. The molecule has 0 saturated carbocycles. The number of aromatic nitrogens is 5. The highest BCUT2D eigenvalue weighted by Gasteiger charge is 2.16. The van der Waals surface area contributed by atoms with Gasteiger partial charge in [0, 0.05) is 0 Å². The number of rotatable bonds is 6. The minimum absolute atomic E-state index is 0.0552. The van der Waals surface area contributed by atoms with Crippen molar-refractivity contribution < 1.29 is 14.3 Å². The second-order valence-corrected chi connectivity index (χ2v) is 6.14. The van der Waals surface area contributed by atoms with Gasteiger partial charge in [0.1, 0.15) is 12.7 Å². The molecule has 0 atom stereocenters. The standard InChI is InChI=1S/C18H19N5O4/c1-4-27-15(25)8-14(24)9-22-10-19-17-16(18(22)26)20-21-23(17)13-6-5-11(2)12(3)7-13/h5-7,10H,4,8-9H2,1-3H3. The number of esters is 1. The zero-order valence-electron chi connectivity index (χ0n) is 15.3. The number of ether oxygens (including phenoxy) is 1. The van der Waals surface area contributed by atoms with Crippen molar-refractivity contribution in [1.29, 1.82) is 0 Å². The zero-order valence-corrected chi connectivity index (χ0v) is 15.3. The highest BCUT2D eigenvalue weighted by atomic mass is 16.5. The number of carbonyl (C=O) groups is 2. The summed E-state index contributed by atoms with van der Waals surface area (Å²) in [5, 5.41) is 7.94. The van der Waals surface area contributed by atoms with E-state index in [2.05, 4.69) is 15.3 Å². The molecule has 0 unspecified atom stereocenters. The van der Waals surface area contributed by atoms with E-state index in [1.165, 1.54) is 11.0 Å². The van der Waals surface area contributed by atoms with Gasteiger partial charge in [-0.25, -0.2) is 4.98 Å². The van der Waals surface area contributed by atoms with Crippen LogP contribution < -0.4 is 5.56 Å². The lowest BCUT2D eigenvalue weighted by Gasteiger charge is -2.06. The van der Waals surface area contributed by atoms with Crippen LogP contribution in [0.25, 0.3) is 16.9 Å². The monoisotopic (exact) mass is 369 g/mol. The van der Waals surface area contributed by atoms with Gasteiger partial charge in [-0.1, -0.05) is 11.3 Å². The number of fused-ring (bicyclic) bond motifs is 1. The van der Waals surface area contributed by atoms with Crippen LogP contribution in [-0.2, 0) is 20.9 Å². The van der Waals surface area contributed by atoms with E-state index in [1.54, 1.807) is 6.92 Å². The predicted molar refractivity (Wildman–Crippen MR) is 96.7 cm³/mol. The molecule has 9 heteroatoms. The van der Waals surface area contributed by atoms with Gasteiger partial charge in [0.05, 0.1) is 18.8 Å². The first-order valence-electron chi connectivity index (χ1n) is 8.46. The van der Waals surface area contributed by atoms with Crippen LogP contribution in [0.15, 0.2) is 29.3 Å². The zero-order chi connectivity index (χ0) is 19.6. The Morgan fingerprint density at radius 3 is 2.67 bits per heavy atom. The van der Waals surface area contributed by atoms with Crippen LogP contribution in [0.4, 0.5) is 0 Å². The molecule has 3 aromatic rings.